The van der Waals surface area contributed by atoms with Crippen LogP contribution in [-0.4, -0.2) is 82.4 Å². The average Bonchev–Trinajstić information content (AvgIpc) is 3.32. The summed E-state index contributed by atoms with van der Waals surface area (Å²) in [5, 5.41) is 12.1. The van der Waals surface area contributed by atoms with Crippen molar-refractivity contribution in [1.29, 1.82) is 0 Å². The van der Waals surface area contributed by atoms with E-state index in [4.69, 9.17) is 14.2 Å². The zero-order chi connectivity index (χ0) is 23.0. The number of aromatic nitrogens is 4. The van der Waals surface area contributed by atoms with Crippen LogP contribution in [0.3, 0.4) is 0 Å². The summed E-state index contributed by atoms with van der Waals surface area (Å²) in [7, 11) is 1.63. The van der Waals surface area contributed by atoms with Crippen LogP contribution < -0.4 is 14.2 Å². The van der Waals surface area contributed by atoms with Crippen molar-refractivity contribution >= 4 is 5.91 Å². The molecule has 0 aliphatic carbocycles. The molecule has 0 bridgehead atoms. The van der Waals surface area contributed by atoms with Crippen LogP contribution >= 0.6 is 0 Å². The van der Waals surface area contributed by atoms with E-state index in [1.165, 1.54) is 0 Å². The van der Waals surface area contributed by atoms with Crippen LogP contribution in [0.25, 0.3) is 5.69 Å². The highest BCUT2D eigenvalue weighted by Gasteiger charge is 2.23. The molecule has 2 heterocycles. The molecule has 0 radical (unpaired) electrons. The van der Waals surface area contributed by atoms with Gasteiger partial charge in [-0.2, -0.15) is 4.68 Å². The summed E-state index contributed by atoms with van der Waals surface area (Å²) < 4.78 is 18.0. The molecule has 3 aromatic rings. The molecule has 33 heavy (non-hydrogen) atoms. The first-order valence-electron chi connectivity index (χ1n) is 10.9. The maximum absolute atomic E-state index is 12.6. The van der Waals surface area contributed by atoms with E-state index >= 15 is 0 Å². The molecule has 0 spiro atoms. The number of ether oxygens (including phenoxy) is 3. The van der Waals surface area contributed by atoms with Crippen molar-refractivity contribution in [3.05, 3.63) is 54.4 Å². The van der Waals surface area contributed by atoms with E-state index < -0.39 is 0 Å². The first-order valence-corrected chi connectivity index (χ1v) is 10.9. The third kappa shape index (κ3) is 5.78. The van der Waals surface area contributed by atoms with Gasteiger partial charge in [0.15, 0.2) is 12.4 Å². The first kappa shape index (κ1) is 22.5. The van der Waals surface area contributed by atoms with Gasteiger partial charge in [-0.25, -0.2) is 0 Å². The highest BCUT2D eigenvalue weighted by atomic mass is 16.5. The van der Waals surface area contributed by atoms with Crippen LogP contribution in [0.5, 0.6) is 17.2 Å². The van der Waals surface area contributed by atoms with Crippen LogP contribution in [-0.2, 0) is 11.3 Å². The molecule has 4 rings (SSSR count). The van der Waals surface area contributed by atoms with Crippen molar-refractivity contribution in [2.45, 2.75) is 13.5 Å². The molecular weight excluding hydrogens is 424 g/mol. The topological polar surface area (TPSA) is 94.8 Å². The number of piperazine rings is 1. The van der Waals surface area contributed by atoms with Crippen LogP contribution in [0.4, 0.5) is 0 Å². The summed E-state index contributed by atoms with van der Waals surface area (Å²) in [6.45, 7) is 5.92. The zero-order valence-corrected chi connectivity index (χ0v) is 18.9. The second-order valence-electron chi connectivity index (χ2n) is 7.55. The van der Waals surface area contributed by atoms with E-state index in [-0.39, 0.29) is 12.5 Å². The summed E-state index contributed by atoms with van der Waals surface area (Å²) in [6, 6.07) is 14.9. The van der Waals surface area contributed by atoms with Crippen LogP contribution in [0.1, 0.15) is 12.7 Å². The molecule has 10 nitrogen and oxygen atoms in total. The minimum Gasteiger partial charge on any atom is -0.497 e. The van der Waals surface area contributed by atoms with E-state index in [2.05, 4.69) is 20.4 Å². The lowest BCUT2D eigenvalue weighted by atomic mass is 10.3. The van der Waals surface area contributed by atoms with E-state index in [1.54, 1.807) is 11.8 Å². The Kier molecular flexibility index (Phi) is 7.36. The molecule has 1 aromatic heterocycles. The standard InChI is InChI=1S/C23H28N6O4/c1-3-32-20-8-10-21(11-9-20)33-17-23(30)28-14-12-27(13-15-28)16-22-24-25-26-29(22)18-4-6-19(31-2)7-5-18/h4-11H,3,12-17H2,1-2H3. The zero-order valence-electron chi connectivity index (χ0n) is 18.9. The van der Waals surface area contributed by atoms with Crippen molar-refractivity contribution in [1.82, 2.24) is 30.0 Å². The summed E-state index contributed by atoms with van der Waals surface area (Å²) in [4.78, 5) is 16.6. The molecule has 0 atom stereocenters. The number of carbonyl (C=O) groups is 1. The highest BCUT2D eigenvalue weighted by Crippen LogP contribution is 2.18. The Morgan fingerprint density at radius 3 is 2.18 bits per heavy atom. The van der Waals surface area contributed by atoms with Crippen LogP contribution in [0.2, 0.25) is 0 Å². The molecule has 174 valence electrons. The van der Waals surface area contributed by atoms with Gasteiger partial charge in [-0.3, -0.25) is 9.69 Å². The number of nitrogens with zero attached hydrogens (tertiary/aromatic N) is 6. The van der Waals surface area contributed by atoms with E-state index in [9.17, 15) is 4.79 Å². The predicted octanol–water partition coefficient (Wildman–Crippen LogP) is 1.79. The summed E-state index contributed by atoms with van der Waals surface area (Å²) in [5.41, 5.74) is 0.871. The Morgan fingerprint density at radius 2 is 1.55 bits per heavy atom. The molecule has 2 aromatic carbocycles. The molecule has 0 N–H and O–H groups in total. The quantitative estimate of drug-likeness (QED) is 0.485. The fourth-order valence-electron chi connectivity index (χ4n) is 3.62. The summed E-state index contributed by atoms with van der Waals surface area (Å²) in [6.07, 6.45) is 0. The fourth-order valence-corrected chi connectivity index (χ4v) is 3.62. The van der Waals surface area contributed by atoms with Gasteiger partial charge < -0.3 is 19.1 Å². The third-order valence-electron chi connectivity index (χ3n) is 5.44. The summed E-state index contributed by atoms with van der Waals surface area (Å²) in [5.74, 6) is 2.94. The van der Waals surface area contributed by atoms with Gasteiger partial charge in [0.2, 0.25) is 0 Å². The van der Waals surface area contributed by atoms with Crippen molar-refractivity contribution in [3.8, 4) is 22.9 Å². The molecule has 10 heteroatoms. The Balaban J connectivity index is 1.25. The van der Waals surface area contributed by atoms with Crippen molar-refractivity contribution in [3.63, 3.8) is 0 Å². The number of rotatable bonds is 9. The van der Waals surface area contributed by atoms with Gasteiger partial charge in [0, 0.05) is 26.2 Å². The van der Waals surface area contributed by atoms with E-state index in [1.807, 2.05) is 60.4 Å². The first-order chi connectivity index (χ1) is 16.2. The van der Waals surface area contributed by atoms with Crippen molar-refractivity contribution < 1.29 is 19.0 Å². The molecule has 1 amide bonds. The monoisotopic (exact) mass is 452 g/mol. The van der Waals surface area contributed by atoms with Crippen LogP contribution in [0.15, 0.2) is 48.5 Å². The summed E-state index contributed by atoms with van der Waals surface area (Å²) >= 11 is 0. The average molecular weight is 453 g/mol. The number of carbonyl (C=O) groups excluding carboxylic acids is 1. The molecule has 1 fully saturated rings. The number of hydrogen-bond donors (Lipinski definition) is 0. The van der Waals surface area contributed by atoms with Gasteiger partial charge in [-0.15, -0.1) is 5.10 Å². The lowest BCUT2D eigenvalue weighted by molar-refractivity contribution is -0.135. The molecule has 1 aliphatic heterocycles. The largest absolute Gasteiger partial charge is 0.497 e. The van der Waals surface area contributed by atoms with Gasteiger partial charge in [0.25, 0.3) is 5.91 Å². The number of tetrazole rings is 1. The van der Waals surface area contributed by atoms with E-state index in [0.29, 0.717) is 32.0 Å². The molecular formula is C23H28N6O4. The Morgan fingerprint density at radius 1 is 0.909 bits per heavy atom. The van der Waals surface area contributed by atoms with Gasteiger partial charge in [0.05, 0.1) is 25.9 Å². The maximum atomic E-state index is 12.6. The van der Waals surface area contributed by atoms with Crippen molar-refractivity contribution in [2.75, 3.05) is 46.5 Å². The van der Waals surface area contributed by atoms with Gasteiger partial charge in [-0.05, 0) is 65.9 Å². The smallest absolute Gasteiger partial charge is 0.260 e. The second kappa shape index (κ2) is 10.8. The maximum Gasteiger partial charge on any atom is 0.260 e. The van der Waals surface area contributed by atoms with E-state index in [0.717, 1.165) is 36.1 Å². The Bertz CT molecular complexity index is 1030. The fraction of sp³-hybridized carbons (Fsp3) is 0.391. The number of hydrogen-bond acceptors (Lipinski definition) is 8. The second-order valence-corrected chi connectivity index (χ2v) is 7.55. The minimum absolute atomic E-state index is 0.0176. The van der Waals surface area contributed by atoms with Crippen LogP contribution in [0, 0.1) is 0 Å². The predicted molar refractivity (Wildman–Crippen MR) is 121 cm³/mol. The van der Waals surface area contributed by atoms with Gasteiger partial charge in [-0.1, -0.05) is 0 Å². The van der Waals surface area contributed by atoms with Gasteiger partial charge >= 0.3 is 0 Å². The SMILES string of the molecule is CCOc1ccc(OCC(=O)N2CCN(Cc3nnnn3-c3ccc(OC)cc3)CC2)cc1. The number of amides is 1. The third-order valence-corrected chi connectivity index (χ3v) is 5.44. The molecule has 1 aliphatic rings. The molecule has 1 saturated heterocycles. The normalized spacial score (nSPS) is 14.2. The minimum atomic E-state index is -0.0217. The Labute approximate surface area is 192 Å². The lowest BCUT2D eigenvalue weighted by Gasteiger charge is -2.34. The highest BCUT2D eigenvalue weighted by molar-refractivity contribution is 5.77. The lowest BCUT2D eigenvalue weighted by Crippen LogP contribution is -2.49. The van der Waals surface area contributed by atoms with Crippen molar-refractivity contribution in [2.24, 2.45) is 0 Å². The molecule has 0 unspecified atom stereocenters. The van der Waals surface area contributed by atoms with Gasteiger partial charge in [0.1, 0.15) is 17.2 Å². The number of benzene rings is 2. The Hall–Kier alpha value is -3.66. The number of methoxy groups -OCH3 is 1. The molecule has 0 saturated carbocycles.